The number of anilines is 1. The summed E-state index contributed by atoms with van der Waals surface area (Å²) in [4.78, 5) is 38.5. The van der Waals surface area contributed by atoms with Crippen LogP contribution < -0.4 is 10.6 Å². The quantitative estimate of drug-likeness (QED) is 0.865. The van der Waals surface area contributed by atoms with Crippen molar-refractivity contribution in [2.24, 2.45) is 5.92 Å². The monoisotopic (exact) mass is 351 g/mol. The zero-order chi connectivity index (χ0) is 18.5. The van der Waals surface area contributed by atoms with Crippen molar-refractivity contribution in [2.75, 3.05) is 18.9 Å². The minimum atomic E-state index is -0.427. The second kappa shape index (κ2) is 7.82. The summed E-state index contributed by atoms with van der Waals surface area (Å²) in [6, 6.07) is 16.5. The Morgan fingerprint density at radius 2 is 1.77 bits per heavy atom. The lowest BCUT2D eigenvalue weighted by Gasteiger charge is -2.17. The number of likely N-dealkylation sites (tertiary alicyclic amines) is 1. The summed E-state index contributed by atoms with van der Waals surface area (Å²) in [6.07, 6.45) is 0.181. The number of hydrogen-bond acceptors (Lipinski definition) is 3. The zero-order valence-electron chi connectivity index (χ0n) is 14.6. The summed E-state index contributed by atoms with van der Waals surface area (Å²) >= 11 is 0. The largest absolute Gasteiger partial charge is 0.355 e. The van der Waals surface area contributed by atoms with Gasteiger partial charge in [-0.25, -0.2) is 0 Å². The third kappa shape index (κ3) is 3.91. The molecule has 134 valence electrons. The van der Waals surface area contributed by atoms with Crippen molar-refractivity contribution < 1.29 is 14.4 Å². The number of para-hydroxylation sites is 1. The Kier molecular flexibility index (Phi) is 5.31. The molecule has 0 aliphatic carbocycles. The number of benzene rings is 2. The molecule has 26 heavy (non-hydrogen) atoms. The summed E-state index contributed by atoms with van der Waals surface area (Å²) in [5.74, 6) is -0.975. The highest BCUT2D eigenvalue weighted by atomic mass is 16.2. The highest BCUT2D eigenvalue weighted by Crippen LogP contribution is 2.23. The van der Waals surface area contributed by atoms with Gasteiger partial charge in [0.15, 0.2) is 0 Å². The van der Waals surface area contributed by atoms with Gasteiger partial charge in [0.25, 0.3) is 5.91 Å². The second-order valence-corrected chi connectivity index (χ2v) is 6.27. The number of hydrogen-bond donors (Lipinski definition) is 2. The molecule has 0 saturated carbocycles. The molecule has 1 aliphatic heterocycles. The molecule has 6 heteroatoms. The van der Waals surface area contributed by atoms with Crippen molar-refractivity contribution in [3.8, 4) is 0 Å². The van der Waals surface area contributed by atoms with Crippen LogP contribution in [0.5, 0.6) is 0 Å². The van der Waals surface area contributed by atoms with Gasteiger partial charge in [-0.15, -0.1) is 0 Å². The van der Waals surface area contributed by atoms with E-state index in [1.807, 2.05) is 30.3 Å². The number of nitrogens with zero attached hydrogens (tertiary/aromatic N) is 1. The van der Waals surface area contributed by atoms with Gasteiger partial charge >= 0.3 is 0 Å². The number of carbonyl (C=O) groups excluding carboxylic acids is 3. The molecule has 1 aliphatic rings. The van der Waals surface area contributed by atoms with E-state index in [1.165, 1.54) is 7.05 Å². The van der Waals surface area contributed by atoms with Gasteiger partial charge in [-0.05, 0) is 17.7 Å². The van der Waals surface area contributed by atoms with Gasteiger partial charge in [-0.2, -0.15) is 0 Å². The first-order chi connectivity index (χ1) is 12.6. The number of nitrogens with one attached hydrogen (secondary N) is 2. The third-order valence-electron chi connectivity index (χ3n) is 4.46. The molecule has 1 saturated heterocycles. The lowest BCUT2D eigenvalue weighted by molar-refractivity contribution is -0.128. The van der Waals surface area contributed by atoms with E-state index in [9.17, 15) is 14.4 Å². The molecule has 3 rings (SSSR count). The zero-order valence-corrected chi connectivity index (χ0v) is 14.6. The van der Waals surface area contributed by atoms with Crippen LogP contribution in [0, 0.1) is 5.92 Å². The maximum Gasteiger partial charge on any atom is 0.253 e. The van der Waals surface area contributed by atoms with E-state index in [0.717, 1.165) is 5.56 Å². The molecule has 6 nitrogen and oxygen atoms in total. The molecule has 2 N–H and O–H groups in total. The number of carbonyl (C=O) groups is 3. The molecule has 0 bridgehead atoms. The molecule has 1 fully saturated rings. The topological polar surface area (TPSA) is 78.5 Å². The van der Waals surface area contributed by atoms with E-state index in [2.05, 4.69) is 10.6 Å². The Labute approximate surface area is 152 Å². The SMILES string of the molecule is CNC(=O)c1ccccc1NC(=O)[C@@H]1CC(=O)N(Cc2ccccc2)C1. The summed E-state index contributed by atoms with van der Waals surface area (Å²) < 4.78 is 0. The van der Waals surface area contributed by atoms with Gasteiger partial charge in [0.2, 0.25) is 11.8 Å². The lowest BCUT2D eigenvalue weighted by Crippen LogP contribution is -2.29. The van der Waals surface area contributed by atoms with Crippen LogP contribution in [-0.2, 0) is 16.1 Å². The van der Waals surface area contributed by atoms with E-state index in [-0.39, 0.29) is 24.1 Å². The average Bonchev–Trinajstić information content (AvgIpc) is 3.03. The highest BCUT2D eigenvalue weighted by molar-refractivity contribution is 6.05. The fourth-order valence-corrected chi connectivity index (χ4v) is 3.06. The van der Waals surface area contributed by atoms with E-state index in [1.54, 1.807) is 29.2 Å². The fourth-order valence-electron chi connectivity index (χ4n) is 3.06. The Morgan fingerprint density at radius 1 is 1.08 bits per heavy atom. The van der Waals surface area contributed by atoms with Crippen molar-refractivity contribution in [1.29, 1.82) is 0 Å². The molecule has 2 aromatic rings. The van der Waals surface area contributed by atoms with Crippen molar-refractivity contribution in [1.82, 2.24) is 10.2 Å². The highest BCUT2D eigenvalue weighted by Gasteiger charge is 2.34. The van der Waals surface area contributed by atoms with Crippen LogP contribution in [0.2, 0.25) is 0 Å². The van der Waals surface area contributed by atoms with Crippen LogP contribution in [0.1, 0.15) is 22.3 Å². The Hall–Kier alpha value is -3.15. The smallest absolute Gasteiger partial charge is 0.253 e. The third-order valence-corrected chi connectivity index (χ3v) is 4.46. The molecule has 1 heterocycles. The Morgan fingerprint density at radius 3 is 2.50 bits per heavy atom. The predicted molar refractivity (Wildman–Crippen MR) is 98.4 cm³/mol. The first kappa shape index (κ1) is 17.7. The van der Waals surface area contributed by atoms with Crippen LogP contribution in [0.25, 0.3) is 0 Å². The molecular formula is C20H21N3O3. The standard InChI is InChI=1S/C20H21N3O3/c1-21-20(26)16-9-5-6-10-17(16)22-19(25)15-11-18(24)23(13-15)12-14-7-3-2-4-8-14/h2-10,15H,11-13H2,1H3,(H,21,26)(H,22,25)/t15-/m1/s1. The molecule has 2 aromatic carbocycles. The Balaban J connectivity index is 1.66. The average molecular weight is 351 g/mol. The van der Waals surface area contributed by atoms with Crippen LogP contribution in [0.3, 0.4) is 0 Å². The van der Waals surface area contributed by atoms with E-state index in [0.29, 0.717) is 24.3 Å². The molecular weight excluding hydrogens is 330 g/mol. The molecule has 0 aromatic heterocycles. The lowest BCUT2D eigenvalue weighted by atomic mass is 10.1. The number of amides is 3. The summed E-state index contributed by atoms with van der Waals surface area (Å²) in [6.45, 7) is 0.875. The Bertz CT molecular complexity index is 820. The van der Waals surface area contributed by atoms with Crippen LogP contribution in [0.4, 0.5) is 5.69 Å². The van der Waals surface area contributed by atoms with E-state index < -0.39 is 5.92 Å². The van der Waals surface area contributed by atoms with E-state index in [4.69, 9.17) is 0 Å². The van der Waals surface area contributed by atoms with Gasteiger partial charge in [0, 0.05) is 26.6 Å². The minimum Gasteiger partial charge on any atom is -0.355 e. The van der Waals surface area contributed by atoms with Crippen molar-refractivity contribution in [3.05, 3.63) is 65.7 Å². The van der Waals surface area contributed by atoms with Gasteiger partial charge in [-0.3, -0.25) is 14.4 Å². The predicted octanol–water partition coefficient (Wildman–Crippen LogP) is 2.03. The number of rotatable bonds is 5. The van der Waals surface area contributed by atoms with Crippen molar-refractivity contribution in [2.45, 2.75) is 13.0 Å². The van der Waals surface area contributed by atoms with Crippen LogP contribution in [0.15, 0.2) is 54.6 Å². The summed E-state index contributed by atoms with van der Waals surface area (Å²) in [7, 11) is 1.54. The molecule has 1 atom stereocenters. The molecule has 0 radical (unpaired) electrons. The van der Waals surface area contributed by atoms with Gasteiger partial charge in [0.1, 0.15) is 0 Å². The first-order valence-electron chi connectivity index (χ1n) is 8.52. The fraction of sp³-hybridized carbons (Fsp3) is 0.250. The van der Waals surface area contributed by atoms with Gasteiger partial charge in [0.05, 0.1) is 17.2 Å². The molecule has 3 amide bonds. The summed E-state index contributed by atoms with van der Waals surface area (Å²) in [5, 5.41) is 5.35. The van der Waals surface area contributed by atoms with Crippen molar-refractivity contribution in [3.63, 3.8) is 0 Å². The van der Waals surface area contributed by atoms with Crippen LogP contribution >= 0.6 is 0 Å². The van der Waals surface area contributed by atoms with Gasteiger partial charge in [-0.1, -0.05) is 42.5 Å². The first-order valence-corrected chi connectivity index (χ1v) is 8.52. The molecule has 0 unspecified atom stereocenters. The maximum atomic E-state index is 12.6. The minimum absolute atomic E-state index is 0.0337. The van der Waals surface area contributed by atoms with Crippen LogP contribution in [-0.4, -0.2) is 36.2 Å². The van der Waals surface area contributed by atoms with Crippen molar-refractivity contribution >= 4 is 23.4 Å². The normalized spacial score (nSPS) is 16.4. The summed E-state index contributed by atoms with van der Waals surface area (Å²) in [5.41, 5.74) is 1.88. The molecule has 0 spiro atoms. The van der Waals surface area contributed by atoms with Gasteiger partial charge < -0.3 is 15.5 Å². The second-order valence-electron chi connectivity index (χ2n) is 6.27. The maximum absolute atomic E-state index is 12.6. The van der Waals surface area contributed by atoms with E-state index >= 15 is 0 Å².